The van der Waals surface area contributed by atoms with Gasteiger partial charge in [-0.1, -0.05) is 11.8 Å². The predicted molar refractivity (Wildman–Crippen MR) is 86.2 cm³/mol. The van der Waals surface area contributed by atoms with E-state index in [0.717, 1.165) is 16.8 Å². The van der Waals surface area contributed by atoms with E-state index in [9.17, 15) is 0 Å². The summed E-state index contributed by atoms with van der Waals surface area (Å²) in [7, 11) is 1.96. The molecule has 0 saturated heterocycles. The number of nitrogens with two attached hydrogens (primary N) is 1. The summed E-state index contributed by atoms with van der Waals surface area (Å²) in [4.78, 5) is 18.9. The quantitative estimate of drug-likeness (QED) is 0.797. The molecule has 2 aromatic heterocycles. The molecule has 3 heterocycles. The number of aliphatic imine (C=N–C) groups is 1. The maximum atomic E-state index is 5.79. The number of aryl methyl sites for hydroxylation is 1. The molecule has 0 fully saturated rings. The lowest BCUT2D eigenvalue weighted by Gasteiger charge is -2.12. The van der Waals surface area contributed by atoms with Crippen LogP contribution in [0.4, 0.5) is 5.95 Å². The topological polar surface area (TPSA) is 80.3 Å². The molecule has 0 saturated carbocycles. The molecule has 6 heteroatoms. The van der Waals surface area contributed by atoms with Gasteiger partial charge >= 0.3 is 0 Å². The third-order valence-corrected chi connectivity index (χ3v) is 3.44. The van der Waals surface area contributed by atoms with Crippen molar-refractivity contribution in [3.63, 3.8) is 0 Å². The van der Waals surface area contributed by atoms with Crippen LogP contribution in [0.2, 0.25) is 0 Å². The van der Waals surface area contributed by atoms with Crippen molar-refractivity contribution in [2.24, 2.45) is 4.99 Å². The highest BCUT2D eigenvalue weighted by Gasteiger charge is 2.15. The van der Waals surface area contributed by atoms with E-state index in [-0.39, 0.29) is 12.0 Å². The summed E-state index contributed by atoms with van der Waals surface area (Å²) >= 11 is 0. The molecule has 1 unspecified atom stereocenters. The standard InChI is InChI=1S/C16H16N6/c1-11-14(6-5-13-9-19-10-22(13)2)15(21-16(17)20-11)12-4-3-7-18-8-12/h3-4,7-8,10,13H,9H2,1-2H3,(H2,17,20,21). The molecule has 110 valence electrons. The summed E-state index contributed by atoms with van der Waals surface area (Å²) in [5.41, 5.74) is 8.92. The first-order valence-corrected chi connectivity index (χ1v) is 6.93. The molecule has 6 nitrogen and oxygen atoms in total. The van der Waals surface area contributed by atoms with Crippen molar-refractivity contribution in [2.45, 2.75) is 13.0 Å². The van der Waals surface area contributed by atoms with Crippen LogP contribution in [0.15, 0.2) is 29.5 Å². The fourth-order valence-electron chi connectivity index (χ4n) is 2.24. The Hall–Kier alpha value is -2.94. The van der Waals surface area contributed by atoms with Crippen molar-refractivity contribution >= 4 is 12.3 Å². The summed E-state index contributed by atoms with van der Waals surface area (Å²) in [6.07, 6.45) is 5.27. The van der Waals surface area contributed by atoms with E-state index in [1.165, 1.54) is 0 Å². The lowest BCUT2D eigenvalue weighted by atomic mass is 10.1. The SMILES string of the molecule is Cc1nc(N)nc(-c2cccnc2)c1C#CC1CN=CN1C. The molecule has 1 aliphatic heterocycles. The number of anilines is 1. The molecule has 0 spiro atoms. The third-order valence-electron chi connectivity index (χ3n) is 3.44. The number of hydrogen-bond acceptors (Lipinski definition) is 6. The first-order chi connectivity index (χ1) is 10.6. The fraction of sp³-hybridized carbons (Fsp3) is 0.250. The van der Waals surface area contributed by atoms with E-state index in [1.807, 2.05) is 31.0 Å². The van der Waals surface area contributed by atoms with Gasteiger partial charge in [0.05, 0.1) is 29.8 Å². The second-order valence-electron chi connectivity index (χ2n) is 5.06. The number of nitrogen functional groups attached to an aromatic ring is 1. The van der Waals surface area contributed by atoms with Crippen LogP contribution in [0.1, 0.15) is 11.3 Å². The molecule has 0 aromatic carbocycles. The Kier molecular flexibility index (Phi) is 3.71. The van der Waals surface area contributed by atoms with Gasteiger partial charge in [0.15, 0.2) is 0 Å². The molecule has 0 aliphatic carbocycles. The Labute approximate surface area is 129 Å². The van der Waals surface area contributed by atoms with E-state index in [0.29, 0.717) is 12.2 Å². The van der Waals surface area contributed by atoms with Crippen LogP contribution in [0.3, 0.4) is 0 Å². The Morgan fingerprint density at radius 3 is 2.91 bits per heavy atom. The number of pyridine rings is 1. The number of hydrogen-bond donors (Lipinski definition) is 1. The molecule has 22 heavy (non-hydrogen) atoms. The van der Waals surface area contributed by atoms with Crippen molar-refractivity contribution in [3.8, 4) is 23.1 Å². The molecule has 0 radical (unpaired) electrons. The van der Waals surface area contributed by atoms with Gasteiger partial charge in [-0.2, -0.15) is 0 Å². The molecule has 2 aromatic rings. The van der Waals surface area contributed by atoms with E-state index < -0.39 is 0 Å². The highest BCUT2D eigenvalue weighted by molar-refractivity contribution is 5.69. The number of likely N-dealkylation sites (N-methyl/N-ethyl adjacent to an activating group) is 1. The van der Waals surface area contributed by atoms with E-state index in [4.69, 9.17) is 5.73 Å². The zero-order valence-electron chi connectivity index (χ0n) is 12.5. The average molecular weight is 292 g/mol. The maximum Gasteiger partial charge on any atom is 0.220 e. The zero-order chi connectivity index (χ0) is 15.5. The summed E-state index contributed by atoms with van der Waals surface area (Å²) in [5, 5.41) is 0. The summed E-state index contributed by atoms with van der Waals surface area (Å²) in [6.45, 7) is 2.57. The van der Waals surface area contributed by atoms with Crippen LogP contribution in [0.5, 0.6) is 0 Å². The van der Waals surface area contributed by atoms with Gasteiger partial charge in [-0.05, 0) is 19.1 Å². The van der Waals surface area contributed by atoms with Gasteiger partial charge in [-0.15, -0.1) is 0 Å². The van der Waals surface area contributed by atoms with E-state index >= 15 is 0 Å². The first kappa shape index (κ1) is 14.0. The summed E-state index contributed by atoms with van der Waals surface area (Å²) < 4.78 is 0. The maximum absolute atomic E-state index is 5.79. The molecule has 0 amide bonds. The average Bonchev–Trinajstić information content (AvgIpc) is 2.92. The summed E-state index contributed by atoms with van der Waals surface area (Å²) in [6, 6.07) is 3.88. The lowest BCUT2D eigenvalue weighted by molar-refractivity contribution is 0.492. The van der Waals surface area contributed by atoms with Crippen molar-refractivity contribution in [1.29, 1.82) is 0 Å². The van der Waals surface area contributed by atoms with Crippen molar-refractivity contribution in [1.82, 2.24) is 19.9 Å². The lowest BCUT2D eigenvalue weighted by Crippen LogP contribution is -2.25. The minimum Gasteiger partial charge on any atom is -0.368 e. The molecular formula is C16H16N6. The minimum absolute atomic E-state index is 0.0821. The predicted octanol–water partition coefficient (Wildman–Crippen LogP) is 1.12. The van der Waals surface area contributed by atoms with Gasteiger partial charge in [0.25, 0.3) is 0 Å². The first-order valence-electron chi connectivity index (χ1n) is 6.93. The summed E-state index contributed by atoms with van der Waals surface area (Å²) in [5.74, 6) is 6.67. The zero-order valence-corrected chi connectivity index (χ0v) is 12.5. The Morgan fingerprint density at radius 1 is 1.36 bits per heavy atom. The fourth-order valence-corrected chi connectivity index (χ4v) is 2.24. The molecule has 0 bridgehead atoms. The Morgan fingerprint density at radius 2 is 2.23 bits per heavy atom. The van der Waals surface area contributed by atoms with E-state index in [1.54, 1.807) is 18.7 Å². The van der Waals surface area contributed by atoms with Gasteiger partial charge in [-0.3, -0.25) is 9.98 Å². The number of aromatic nitrogens is 3. The van der Waals surface area contributed by atoms with Crippen LogP contribution in [-0.2, 0) is 0 Å². The third kappa shape index (κ3) is 2.74. The van der Waals surface area contributed by atoms with E-state index in [2.05, 4.69) is 31.8 Å². The molecule has 1 aliphatic rings. The van der Waals surface area contributed by atoms with Gasteiger partial charge in [-0.25, -0.2) is 9.97 Å². The van der Waals surface area contributed by atoms with Crippen molar-refractivity contribution < 1.29 is 0 Å². The Balaban J connectivity index is 2.06. The highest BCUT2D eigenvalue weighted by Crippen LogP contribution is 2.22. The highest BCUT2D eigenvalue weighted by atomic mass is 15.2. The van der Waals surface area contributed by atoms with Crippen LogP contribution >= 0.6 is 0 Å². The normalized spacial score (nSPS) is 16.5. The van der Waals surface area contributed by atoms with Gasteiger partial charge in [0.1, 0.15) is 6.04 Å². The molecular weight excluding hydrogens is 276 g/mol. The molecule has 2 N–H and O–H groups in total. The van der Waals surface area contributed by atoms with Gasteiger partial charge < -0.3 is 10.6 Å². The second-order valence-corrected chi connectivity index (χ2v) is 5.06. The van der Waals surface area contributed by atoms with Gasteiger partial charge in [0.2, 0.25) is 5.95 Å². The monoisotopic (exact) mass is 292 g/mol. The number of rotatable bonds is 1. The minimum atomic E-state index is 0.0821. The van der Waals surface area contributed by atoms with Crippen LogP contribution in [0, 0.1) is 18.8 Å². The van der Waals surface area contributed by atoms with Crippen LogP contribution in [0.25, 0.3) is 11.3 Å². The Bertz CT molecular complexity index is 772. The van der Waals surface area contributed by atoms with Crippen LogP contribution < -0.4 is 5.73 Å². The van der Waals surface area contributed by atoms with Crippen LogP contribution in [-0.4, -0.2) is 45.8 Å². The molecule has 3 rings (SSSR count). The van der Waals surface area contributed by atoms with Crippen molar-refractivity contribution in [3.05, 3.63) is 35.8 Å². The molecule has 1 atom stereocenters. The smallest absolute Gasteiger partial charge is 0.220 e. The largest absolute Gasteiger partial charge is 0.368 e. The van der Waals surface area contributed by atoms with Gasteiger partial charge in [0, 0.05) is 25.0 Å². The van der Waals surface area contributed by atoms with Crippen molar-refractivity contribution in [2.75, 3.05) is 19.3 Å². The second kappa shape index (κ2) is 5.82. The number of nitrogens with zero attached hydrogens (tertiary/aromatic N) is 5.